The molecule has 68 valence electrons. The van der Waals surface area contributed by atoms with Crippen LogP contribution in [-0.2, 0) is 17.0 Å². The molecule has 0 aliphatic rings. The number of aliphatic hydroxyl groups is 1. The third-order valence-corrected chi connectivity index (χ3v) is 3.56. The largest absolute Gasteiger partial charge is 0.591 e. The van der Waals surface area contributed by atoms with E-state index in [-0.39, 0.29) is 0 Å². The van der Waals surface area contributed by atoms with Crippen molar-refractivity contribution in [3.8, 4) is 0 Å². The van der Waals surface area contributed by atoms with E-state index < -0.39 is 17.0 Å². The summed E-state index contributed by atoms with van der Waals surface area (Å²) in [4.78, 5) is 4.48. The number of nitrogens with two attached hydrogens (primary N) is 1. The maximum atomic E-state index is 10.7. The highest BCUT2D eigenvalue weighted by molar-refractivity contribution is 7.91. The van der Waals surface area contributed by atoms with Gasteiger partial charge < -0.3 is 9.66 Å². The molecule has 0 radical (unpaired) electrons. The fourth-order valence-electron chi connectivity index (χ4n) is 0.634. The van der Waals surface area contributed by atoms with Gasteiger partial charge in [-0.2, -0.15) is 4.98 Å². The molecular weight excluding hydrogens is 196 g/mol. The van der Waals surface area contributed by atoms with E-state index in [1.165, 1.54) is 6.20 Å². The van der Waals surface area contributed by atoms with Crippen LogP contribution in [0.15, 0.2) is 10.5 Å². The standard InChI is InChI=1S/C6H10N2O2S2/c1-6(2,9)4-3-8-5(11-4)12(7)10/h3,9H,7H2,1-2H3. The molecule has 4 nitrogen and oxygen atoms in total. The number of nitrogens with zero attached hydrogens (tertiary/aromatic N) is 1. The summed E-state index contributed by atoms with van der Waals surface area (Å²) in [6.07, 6.45) is 1.49. The number of aromatic nitrogens is 1. The molecule has 1 atom stereocenters. The Morgan fingerprint density at radius 1 is 1.75 bits per heavy atom. The van der Waals surface area contributed by atoms with Crippen LogP contribution in [0.3, 0.4) is 0 Å². The number of hydrogen-bond acceptors (Lipinski definition) is 5. The first-order valence-electron chi connectivity index (χ1n) is 3.26. The van der Waals surface area contributed by atoms with E-state index in [9.17, 15) is 9.66 Å². The summed E-state index contributed by atoms with van der Waals surface area (Å²) in [6.45, 7) is 3.29. The van der Waals surface area contributed by atoms with Gasteiger partial charge >= 0.3 is 4.34 Å². The molecular formula is C6H10N2O2S2. The van der Waals surface area contributed by atoms with Crippen LogP contribution in [0.4, 0.5) is 0 Å². The van der Waals surface area contributed by atoms with Crippen molar-refractivity contribution in [1.82, 2.24) is 4.98 Å². The topological polar surface area (TPSA) is 82.2 Å². The van der Waals surface area contributed by atoms with Gasteiger partial charge in [-0.15, -0.1) is 5.14 Å². The summed E-state index contributed by atoms with van der Waals surface area (Å²) in [5.74, 6) is 0. The molecule has 0 fully saturated rings. The first-order valence-corrected chi connectivity index (χ1v) is 5.29. The fourth-order valence-corrected chi connectivity index (χ4v) is 2.04. The zero-order valence-corrected chi connectivity index (χ0v) is 8.41. The second-order valence-corrected chi connectivity index (χ2v) is 5.12. The lowest BCUT2D eigenvalue weighted by Gasteiger charge is -2.12. The van der Waals surface area contributed by atoms with Crippen molar-refractivity contribution in [2.45, 2.75) is 23.8 Å². The molecule has 3 N–H and O–H groups in total. The Kier molecular flexibility index (Phi) is 2.74. The lowest BCUT2D eigenvalue weighted by atomic mass is 10.1. The van der Waals surface area contributed by atoms with Crippen LogP contribution in [-0.4, -0.2) is 14.6 Å². The van der Waals surface area contributed by atoms with E-state index in [1.807, 2.05) is 0 Å². The minimum absolute atomic E-state index is 0.340. The Hall–Kier alpha value is -0.140. The predicted octanol–water partition coefficient (Wildman–Crippen LogP) is 0.352. The van der Waals surface area contributed by atoms with Gasteiger partial charge in [-0.05, 0) is 13.8 Å². The highest BCUT2D eigenvalue weighted by Crippen LogP contribution is 2.27. The van der Waals surface area contributed by atoms with E-state index in [2.05, 4.69) is 4.98 Å². The molecule has 6 heteroatoms. The van der Waals surface area contributed by atoms with Crippen molar-refractivity contribution >= 4 is 22.7 Å². The molecule has 1 heterocycles. The fraction of sp³-hybridized carbons (Fsp3) is 0.500. The number of rotatable bonds is 2. The molecule has 0 spiro atoms. The maximum absolute atomic E-state index is 10.7. The van der Waals surface area contributed by atoms with Gasteiger partial charge in [0.05, 0.1) is 10.5 Å². The summed E-state index contributed by atoms with van der Waals surface area (Å²) < 4.78 is 11.1. The molecule has 1 rings (SSSR count). The zero-order valence-electron chi connectivity index (χ0n) is 6.77. The van der Waals surface area contributed by atoms with Gasteiger partial charge in [0.15, 0.2) is 0 Å². The van der Waals surface area contributed by atoms with E-state index in [1.54, 1.807) is 13.8 Å². The molecule has 1 unspecified atom stereocenters. The zero-order chi connectivity index (χ0) is 9.35. The minimum Gasteiger partial charge on any atom is -0.591 e. The van der Waals surface area contributed by atoms with Crippen molar-refractivity contribution in [2.75, 3.05) is 0 Å². The third kappa shape index (κ3) is 2.18. The van der Waals surface area contributed by atoms with Gasteiger partial charge in [-0.1, -0.05) is 11.3 Å². The first kappa shape index (κ1) is 9.94. The lowest BCUT2D eigenvalue weighted by Crippen LogP contribution is -2.13. The van der Waals surface area contributed by atoms with Crippen LogP contribution in [0.2, 0.25) is 0 Å². The van der Waals surface area contributed by atoms with Gasteiger partial charge in [-0.25, -0.2) is 0 Å². The van der Waals surface area contributed by atoms with Crippen molar-refractivity contribution in [1.29, 1.82) is 0 Å². The molecule has 0 saturated carbocycles. The molecule has 0 bridgehead atoms. The Morgan fingerprint density at radius 3 is 2.58 bits per heavy atom. The van der Waals surface area contributed by atoms with Crippen LogP contribution in [0, 0.1) is 0 Å². The van der Waals surface area contributed by atoms with Crippen LogP contribution >= 0.6 is 11.3 Å². The maximum Gasteiger partial charge on any atom is 0.322 e. The molecule has 0 aliphatic heterocycles. The summed E-state index contributed by atoms with van der Waals surface area (Å²) in [5.41, 5.74) is -0.935. The Labute approximate surface area is 77.8 Å². The summed E-state index contributed by atoms with van der Waals surface area (Å²) in [6, 6.07) is 0. The average Bonchev–Trinajstić information content (AvgIpc) is 2.30. The SMILES string of the molecule is CC(C)(O)c1cnc([S+](N)[O-])s1. The van der Waals surface area contributed by atoms with Gasteiger partial charge in [0.25, 0.3) is 0 Å². The van der Waals surface area contributed by atoms with Gasteiger partial charge in [0, 0.05) is 6.20 Å². The van der Waals surface area contributed by atoms with Crippen LogP contribution in [0.1, 0.15) is 18.7 Å². The van der Waals surface area contributed by atoms with E-state index in [0.717, 1.165) is 11.3 Å². The van der Waals surface area contributed by atoms with E-state index >= 15 is 0 Å². The monoisotopic (exact) mass is 206 g/mol. The van der Waals surface area contributed by atoms with E-state index in [4.69, 9.17) is 5.14 Å². The summed E-state index contributed by atoms with van der Waals surface area (Å²) >= 11 is -0.385. The smallest absolute Gasteiger partial charge is 0.322 e. The number of hydrogen-bond donors (Lipinski definition) is 2. The van der Waals surface area contributed by atoms with Gasteiger partial charge in [-0.3, -0.25) is 0 Å². The molecule has 0 amide bonds. The van der Waals surface area contributed by atoms with Crippen molar-refractivity contribution in [3.63, 3.8) is 0 Å². The predicted molar refractivity (Wildman–Crippen MR) is 48.0 cm³/mol. The molecule has 0 aliphatic carbocycles. The minimum atomic E-state index is -1.55. The Bertz CT molecular complexity index is 267. The average molecular weight is 206 g/mol. The Morgan fingerprint density at radius 2 is 2.33 bits per heavy atom. The van der Waals surface area contributed by atoms with Crippen LogP contribution < -0.4 is 5.14 Å². The molecule has 1 aromatic heterocycles. The molecule has 12 heavy (non-hydrogen) atoms. The van der Waals surface area contributed by atoms with E-state index in [0.29, 0.717) is 9.22 Å². The van der Waals surface area contributed by atoms with Crippen molar-refractivity contribution in [3.05, 3.63) is 11.1 Å². The summed E-state index contributed by atoms with van der Waals surface area (Å²) in [7, 11) is 0. The van der Waals surface area contributed by atoms with Gasteiger partial charge in [0.1, 0.15) is 11.4 Å². The highest BCUT2D eigenvalue weighted by Gasteiger charge is 2.22. The first-order chi connectivity index (χ1) is 5.41. The third-order valence-electron chi connectivity index (χ3n) is 1.26. The lowest BCUT2D eigenvalue weighted by molar-refractivity contribution is 0.0823. The van der Waals surface area contributed by atoms with Crippen LogP contribution in [0.5, 0.6) is 0 Å². The quantitative estimate of drug-likeness (QED) is 0.684. The van der Waals surface area contributed by atoms with Crippen molar-refractivity contribution < 1.29 is 9.66 Å². The van der Waals surface area contributed by atoms with Crippen LogP contribution in [0.25, 0.3) is 0 Å². The van der Waals surface area contributed by atoms with Gasteiger partial charge in [0.2, 0.25) is 0 Å². The Balaban J connectivity index is 2.92. The number of thiazole rings is 1. The van der Waals surface area contributed by atoms with Crippen molar-refractivity contribution in [2.24, 2.45) is 5.14 Å². The second kappa shape index (κ2) is 3.31. The molecule has 0 saturated heterocycles. The summed E-state index contributed by atoms with van der Waals surface area (Å²) in [5, 5.41) is 14.6. The molecule has 0 aromatic carbocycles. The molecule has 1 aromatic rings. The second-order valence-electron chi connectivity index (χ2n) is 2.85. The normalized spacial score (nSPS) is 14.8. The highest BCUT2D eigenvalue weighted by atomic mass is 32.2.